The molecule has 2 aromatic carbocycles. The van der Waals surface area contributed by atoms with Crippen LogP contribution in [0.3, 0.4) is 0 Å². The Balaban J connectivity index is 1.43. The summed E-state index contributed by atoms with van der Waals surface area (Å²) in [7, 11) is 0. The average molecular weight is 428 g/mol. The van der Waals surface area contributed by atoms with E-state index in [9.17, 15) is 0 Å². The lowest BCUT2D eigenvalue weighted by Crippen LogP contribution is -2.16. The first-order chi connectivity index (χ1) is 14.4. The summed E-state index contributed by atoms with van der Waals surface area (Å²) in [4.78, 5) is 9.34. The molecule has 0 unspecified atom stereocenters. The van der Waals surface area contributed by atoms with Crippen LogP contribution in [-0.4, -0.2) is 41.7 Å². The first-order valence-electron chi connectivity index (χ1n) is 9.80. The molecule has 0 amide bonds. The summed E-state index contributed by atoms with van der Waals surface area (Å²) in [6.45, 7) is 10.3. The molecule has 4 aromatic rings. The first kappa shape index (κ1) is 21.1. The second-order valence-electron chi connectivity index (χ2n) is 7.48. The topological polar surface area (TPSA) is 53.5 Å². The Morgan fingerprint density at radius 3 is 2.03 bits per heavy atom. The van der Waals surface area contributed by atoms with Crippen molar-refractivity contribution in [1.82, 2.24) is 9.97 Å². The Morgan fingerprint density at radius 1 is 0.667 bits per heavy atom. The average Bonchev–Trinajstić information content (AvgIpc) is 2.69. The standard InChI is InChI=1S/C12H13NO.C11H11NO.2Al.O/c1-7-4-5-10(14)12-11(7)8(2)6-9(3)13-12;1-7-6-8(2)12-11-9(7)4-3-5-10(11)13;;;/h4-6,14H,1-3H3;3-6,13H,1-2H3;;;/q;;2*+1;/p-2. The molecule has 2 aromatic heterocycles. The lowest BCUT2D eigenvalue weighted by molar-refractivity contribution is 0.420. The van der Waals surface area contributed by atoms with Gasteiger partial charge in [0.15, 0.2) is 0 Å². The number of fused-ring (bicyclic) bond motifs is 2. The normalized spacial score (nSPS) is 11.0. The SMILES string of the molecule is Cc1cc(C)c2cccc([O][Al][O][Al][O]c3ccc(C)c4c(C)cc(C)nc34)c2n1. The molecule has 2 radical (unpaired) electrons. The number of pyridine rings is 2. The van der Waals surface area contributed by atoms with Gasteiger partial charge in [-0.15, -0.1) is 0 Å². The molecule has 0 bridgehead atoms. The van der Waals surface area contributed by atoms with Gasteiger partial charge in [0.25, 0.3) is 0 Å². The molecular weight excluding hydrogens is 406 g/mol. The fourth-order valence-corrected chi connectivity index (χ4v) is 5.02. The third-order valence-corrected chi connectivity index (χ3v) is 6.65. The number of hydrogen-bond donors (Lipinski definition) is 0. The Labute approximate surface area is 190 Å². The van der Waals surface area contributed by atoms with Crippen LogP contribution in [0.15, 0.2) is 42.5 Å². The zero-order valence-corrected chi connectivity index (χ0v) is 20.1. The van der Waals surface area contributed by atoms with Crippen LogP contribution in [0.1, 0.15) is 28.1 Å². The quantitative estimate of drug-likeness (QED) is 0.324. The van der Waals surface area contributed by atoms with Crippen molar-refractivity contribution >= 4 is 53.6 Å². The molecule has 148 valence electrons. The van der Waals surface area contributed by atoms with Crippen molar-refractivity contribution < 1.29 is 10.4 Å². The molecule has 0 spiro atoms. The Hall–Kier alpha value is -2.12. The van der Waals surface area contributed by atoms with E-state index in [1.807, 2.05) is 32.0 Å². The van der Waals surface area contributed by atoms with E-state index in [4.69, 9.17) is 15.4 Å². The number of hydrogen-bond acceptors (Lipinski definition) is 5. The number of para-hydroxylation sites is 1. The van der Waals surface area contributed by atoms with Gasteiger partial charge in [-0.3, -0.25) is 0 Å². The molecule has 5 nitrogen and oxygen atoms in total. The van der Waals surface area contributed by atoms with Crippen molar-refractivity contribution in [2.24, 2.45) is 0 Å². The number of nitrogens with zero attached hydrogens (tertiary/aromatic N) is 2. The third-order valence-electron chi connectivity index (χ3n) is 5.06. The number of benzene rings is 2. The molecule has 0 saturated heterocycles. The second-order valence-corrected chi connectivity index (χ2v) is 9.43. The van der Waals surface area contributed by atoms with Gasteiger partial charge in [0, 0.05) is 22.2 Å². The van der Waals surface area contributed by atoms with Crippen molar-refractivity contribution in [3.63, 3.8) is 0 Å². The summed E-state index contributed by atoms with van der Waals surface area (Å²) < 4.78 is 17.7. The molecule has 2 heterocycles. The van der Waals surface area contributed by atoms with Crippen LogP contribution < -0.4 is 7.58 Å². The van der Waals surface area contributed by atoms with Crippen molar-refractivity contribution in [1.29, 1.82) is 0 Å². The third kappa shape index (κ3) is 4.32. The van der Waals surface area contributed by atoms with E-state index in [1.165, 1.54) is 16.7 Å². The van der Waals surface area contributed by atoms with Crippen LogP contribution in [-0.2, 0) is 2.84 Å². The highest BCUT2D eigenvalue weighted by molar-refractivity contribution is 6.35. The molecule has 0 aliphatic heterocycles. The van der Waals surface area contributed by atoms with E-state index in [0.717, 1.165) is 44.7 Å². The summed E-state index contributed by atoms with van der Waals surface area (Å²) in [5.41, 5.74) is 7.32. The maximum atomic E-state index is 5.97. The molecule has 0 fully saturated rings. The molecule has 0 aliphatic rings. The van der Waals surface area contributed by atoms with Crippen LogP contribution >= 0.6 is 0 Å². The largest absolute Gasteiger partial charge is 0.743 e. The predicted molar refractivity (Wildman–Crippen MR) is 121 cm³/mol. The van der Waals surface area contributed by atoms with Crippen LogP contribution in [0.5, 0.6) is 11.5 Å². The number of aryl methyl sites for hydroxylation is 5. The van der Waals surface area contributed by atoms with Gasteiger partial charge in [-0.05, 0) is 75.6 Å². The van der Waals surface area contributed by atoms with Crippen molar-refractivity contribution in [2.75, 3.05) is 0 Å². The Morgan fingerprint density at radius 2 is 1.30 bits per heavy atom. The molecule has 0 atom stereocenters. The van der Waals surface area contributed by atoms with Crippen LogP contribution in [0.25, 0.3) is 21.8 Å². The molecule has 0 saturated carbocycles. The van der Waals surface area contributed by atoms with Crippen molar-refractivity contribution in [3.05, 3.63) is 70.5 Å². The van der Waals surface area contributed by atoms with Gasteiger partial charge in [0.05, 0.1) is 0 Å². The van der Waals surface area contributed by atoms with Gasteiger partial charge in [0.1, 0.15) is 22.5 Å². The second kappa shape index (κ2) is 8.94. The smallest absolute Gasteiger partial charge is 0.626 e. The Kier molecular flexibility index (Phi) is 6.30. The predicted octanol–water partition coefficient (Wildman–Crippen LogP) is 4.87. The summed E-state index contributed by atoms with van der Waals surface area (Å²) in [5, 5.41) is 2.25. The molecule has 0 aliphatic carbocycles. The highest BCUT2D eigenvalue weighted by atomic mass is 27.3. The summed E-state index contributed by atoms with van der Waals surface area (Å²) in [6, 6.07) is 14.2. The minimum absolute atomic E-state index is 0.700. The van der Waals surface area contributed by atoms with E-state index in [-0.39, 0.29) is 0 Å². The van der Waals surface area contributed by atoms with E-state index >= 15 is 0 Å². The van der Waals surface area contributed by atoms with Gasteiger partial charge >= 0.3 is 31.8 Å². The van der Waals surface area contributed by atoms with Gasteiger partial charge in [-0.2, -0.15) is 0 Å². The zero-order chi connectivity index (χ0) is 21.3. The molecule has 7 heteroatoms. The molecule has 4 rings (SSSR count). The van der Waals surface area contributed by atoms with Crippen LogP contribution in [0, 0.1) is 34.6 Å². The molecule has 0 N–H and O–H groups in total. The fraction of sp³-hybridized carbons (Fsp3) is 0.217. The first-order valence-corrected chi connectivity index (χ1v) is 11.7. The van der Waals surface area contributed by atoms with Gasteiger partial charge in [0.2, 0.25) is 0 Å². The number of rotatable bonds is 6. The Bertz CT molecular complexity index is 1240. The van der Waals surface area contributed by atoms with Crippen molar-refractivity contribution in [2.45, 2.75) is 34.6 Å². The van der Waals surface area contributed by atoms with Crippen LogP contribution in [0.4, 0.5) is 0 Å². The lowest BCUT2D eigenvalue weighted by Gasteiger charge is -2.14. The molecular formula is C23H22Al2N2O3. The fourth-order valence-electron chi connectivity index (χ4n) is 3.80. The molecule has 30 heavy (non-hydrogen) atoms. The van der Waals surface area contributed by atoms with E-state index in [2.05, 4.69) is 50.0 Å². The minimum Gasteiger partial charge on any atom is -0.626 e. The maximum Gasteiger partial charge on any atom is 0.743 e. The van der Waals surface area contributed by atoms with Gasteiger partial charge in [-0.25, -0.2) is 9.97 Å². The van der Waals surface area contributed by atoms with E-state index in [1.54, 1.807) is 0 Å². The number of aromatic nitrogens is 2. The van der Waals surface area contributed by atoms with E-state index < -0.39 is 31.8 Å². The zero-order valence-electron chi connectivity index (χ0n) is 17.8. The lowest BCUT2D eigenvalue weighted by atomic mass is 10.0. The highest BCUT2D eigenvalue weighted by Gasteiger charge is 2.14. The van der Waals surface area contributed by atoms with Gasteiger partial charge in [-0.1, -0.05) is 18.2 Å². The highest BCUT2D eigenvalue weighted by Crippen LogP contribution is 2.30. The van der Waals surface area contributed by atoms with Crippen molar-refractivity contribution in [3.8, 4) is 11.5 Å². The van der Waals surface area contributed by atoms with Crippen LogP contribution in [0.2, 0.25) is 0 Å². The summed E-state index contributed by atoms with van der Waals surface area (Å²) in [6.07, 6.45) is 0. The summed E-state index contributed by atoms with van der Waals surface area (Å²) >= 11 is -1.40. The van der Waals surface area contributed by atoms with Gasteiger partial charge < -0.3 is 10.4 Å². The maximum absolute atomic E-state index is 5.97. The summed E-state index contributed by atoms with van der Waals surface area (Å²) in [5.74, 6) is 1.51. The van der Waals surface area contributed by atoms with E-state index in [0.29, 0.717) is 0 Å². The minimum atomic E-state index is -0.702. The monoisotopic (exact) mass is 428 g/mol.